The molecule has 0 aliphatic rings. The molecule has 104 valence electrons. The molecule has 5 heteroatoms. The van der Waals surface area contributed by atoms with Gasteiger partial charge in [-0.05, 0) is 40.9 Å². The van der Waals surface area contributed by atoms with Gasteiger partial charge in [0.15, 0.2) is 0 Å². The molecule has 0 saturated carbocycles. The lowest BCUT2D eigenvalue weighted by Gasteiger charge is -2.25. The normalized spacial score (nSPS) is 11.1. The van der Waals surface area contributed by atoms with Crippen molar-refractivity contribution in [2.24, 2.45) is 5.41 Å². The van der Waals surface area contributed by atoms with Crippen LogP contribution in [-0.4, -0.2) is 17.0 Å². The van der Waals surface area contributed by atoms with Gasteiger partial charge in [-0.3, -0.25) is 9.59 Å². The molecule has 0 unspecified atom stereocenters. The first-order valence-electron chi connectivity index (χ1n) is 6.23. The second-order valence-electron chi connectivity index (χ2n) is 4.50. The van der Waals surface area contributed by atoms with Crippen LogP contribution in [0.3, 0.4) is 0 Å². The first kappa shape index (κ1) is 15.7. The number of para-hydroxylation sites is 1. The molecule has 19 heavy (non-hydrogen) atoms. The average molecular weight is 328 g/mol. The number of benzene rings is 1. The minimum Gasteiger partial charge on any atom is -0.481 e. The number of rotatable bonds is 6. The van der Waals surface area contributed by atoms with Crippen LogP contribution >= 0.6 is 15.9 Å². The van der Waals surface area contributed by atoms with Crippen molar-refractivity contribution in [2.75, 3.05) is 5.32 Å². The summed E-state index contributed by atoms with van der Waals surface area (Å²) in [4.78, 5) is 23.4. The number of hydrogen-bond donors (Lipinski definition) is 2. The van der Waals surface area contributed by atoms with Gasteiger partial charge >= 0.3 is 5.97 Å². The fourth-order valence-electron chi connectivity index (χ4n) is 1.94. The Morgan fingerprint density at radius 2 is 1.84 bits per heavy atom. The highest BCUT2D eigenvalue weighted by Gasteiger charge is 2.37. The molecule has 0 bridgehead atoms. The molecule has 4 nitrogen and oxygen atoms in total. The van der Waals surface area contributed by atoms with Gasteiger partial charge in [-0.2, -0.15) is 0 Å². The number of anilines is 1. The van der Waals surface area contributed by atoms with E-state index in [-0.39, 0.29) is 12.3 Å². The maximum atomic E-state index is 12.0. The van der Waals surface area contributed by atoms with Gasteiger partial charge in [-0.15, -0.1) is 0 Å². The number of amides is 1. The van der Waals surface area contributed by atoms with Crippen molar-refractivity contribution in [1.82, 2.24) is 0 Å². The summed E-state index contributed by atoms with van der Waals surface area (Å²) in [5, 5.41) is 12.0. The van der Waals surface area contributed by atoms with Gasteiger partial charge in [-0.25, -0.2) is 0 Å². The lowest BCUT2D eigenvalue weighted by atomic mass is 9.79. The lowest BCUT2D eigenvalue weighted by molar-refractivity contribution is -0.151. The molecular weight excluding hydrogens is 310 g/mol. The van der Waals surface area contributed by atoms with E-state index in [1.165, 1.54) is 0 Å². The quantitative estimate of drug-likeness (QED) is 0.837. The average Bonchev–Trinajstić information content (AvgIpc) is 2.38. The standard InChI is InChI=1S/C14H18BrNO3/c1-3-14(4-2,13(18)19)9-12(17)16-11-8-6-5-7-10(11)15/h5-8H,3-4,9H2,1-2H3,(H,16,17)(H,18,19). The van der Waals surface area contributed by atoms with E-state index in [1.54, 1.807) is 19.9 Å². The van der Waals surface area contributed by atoms with Crippen LogP contribution in [0.4, 0.5) is 5.69 Å². The van der Waals surface area contributed by atoms with E-state index < -0.39 is 11.4 Å². The molecule has 0 fully saturated rings. The predicted octanol–water partition coefficient (Wildman–Crippen LogP) is 3.67. The molecule has 1 aromatic rings. The van der Waals surface area contributed by atoms with Gasteiger partial charge in [0.05, 0.1) is 11.1 Å². The van der Waals surface area contributed by atoms with E-state index >= 15 is 0 Å². The number of halogens is 1. The van der Waals surface area contributed by atoms with Crippen molar-refractivity contribution in [1.29, 1.82) is 0 Å². The van der Waals surface area contributed by atoms with E-state index in [4.69, 9.17) is 0 Å². The molecule has 0 aliphatic carbocycles. The van der Waals surface area contributed by atoms with E-state index in [0.717, 1.165) is 4.47 Å². The molecular formula is C14H18BrNO3. The second kappa shape index (κ2) is 6.70. The smallest absolute Gasteiger partial charge is 0.310 e. The third kappa shape index (κ3) is 3.80. The third-order valence-electron chi connectivity index (χ3n) is 3.45. The van der Waals surface area contributed by atoms with Crippen molar-refractivity contribution in [3.8, 4) is 0 Å². The molecule has 2 N–H and O–H groups in total. The Hall–Kier alpha value is -1.36. The zero-order valence-corrected chi connectivity index (χ0v) is 12.7. The summed E-state index contributed by atoms with van der Waals surface area (Å²) >= 11 is 3.34. The molecule has 0 heterocycles. The van der Waals surface area contributed by atoms with E-state index in [9.17, 15) is 14.7 Å². The number of carboxylic acids is 1. The molecule has 0 aliphatic heterocycles. The van der Waals surface area contributed by atoms with E-state index in [1.807, 2.05) is 18.2 Å². The summed E-state index contributed by atoms with van der Waals surface area (Å²) in [6.45, 7) is 3.59. The maximum Gasteiger partial charge on any atom is 0.310 e. The van der Waals surface area contributed by atoms with Gasteiger partial charge in [-0.1, -0.05) is 26.0 Å². The topological polar surface area (TPSA) is 66.4 Å². The summed E-state index contributed by atoms with van der Waals surface area (Å²) in [7, 11) is 0. The van der Waals surface area contributed by atoms with Crippen LogP contribution in [0.15, 0.2) is 28.7 Å². The second-order valence-corrected chi connectivity index (χ2v) is 5.35. The van der Waals surface area contributed by atoms with Crippen LogP contribution in [0.1, 0.15) is 33.1 Å². The fraction of sp³-hybridized carbons (Fsp3) is 0.429. The van der Waals surface area contributed by atoms with Crippen molar-refractivity contribution < 1.29 is 14.7 Å². The van der Waals surface area contributed by atoms with Crippen LogP contribution in [-0.2, 0) is 9.59 Å². The Bertz CT molecular complexity index is 470. The Morgan fingerprint density at radius 1 is 1.26 bits per heavy atom. The molecule has 0 aromatic heterocycles. The lowest BCUT2D eigenvalue weighted by Crippen LogP contribution is -2.34. The number of nitrogens with one attached hydrogen (secondary N) is 1. The number of carbonyl (C=O) groups is 2. The van der Waals surface area contributed by atoms with E-state index in [0.29, 0.717) is 18.5 Å². The van der Waals surface area contributed by atoms with Gasteiger partial charge in [0.25, 0.3) is 0 Å². The minimum atomic E-state index is -0.981. The number of carboxylic acid groups (broad SMARTS) is 1. The molecule has 0 spiro atoms. The van der Waals surface area contributed by atoms with Crippen LogP contribution in [0, 0.1) is 5.41 Å². The van der Waals surface area contributed by atoms with Crippen molar-refractivity contribution in [3.05, 3.63) is 28.7 Å². The molecule has 0 radical (unpaired) electrons. The largest absolute Gasteiger partial charge is 0.481 e. The SMILES string of the molecule is CCC(CC)(CC(=O)Nc1ccccc1Br)C(=O)O. The summed E-state index contributed by atoms with van der Waals surface area (Å²) in [5.41, 5.74) is -0.329. The molecule has 1 amide bonds. The van der Waals surface area contributed by atoms with Crippen LogP contribution in [0.5, 0.6) is 0 Å². The van der Waals surface area contributed by atoms with E-state index in [2.05, 4.69) is 21.2 Å². The predicted molar refractivity (Wildman–Crippen MR) is 78.0 cm³/mol. The summed E-state index contributed by atoms with van der Waals surface area (Å²) in [6, 6.07) is 7.24. The van der Waals surface area contributed by atoms with Crippen molar-refractivity contribution >= 4 is 33.5 Å². The first-order valence-corrected chi connectivity index (χ1v) is 7.02. The van der Waals surface area contributed by atoms with Crippen LogP contribution in [0.2, 0.25) is 0 Å². The number of hydrogen-bond acceptors (Lipinski definition) is 2. The zero-order valence-electron chi connectivity index (χ0n) is 11.1. The molecule has 1 aromatic carbocycles. The molecule has 1 rings (SSSR count). The Morgan fingerprint density at radius 3 is 2.32 bits per heavy atom. The van der Waals surface area contributed by atoms with Crippen molar-refractivity contribution in [2.45, 2.75) is 33.1 Å². The van der Waals surface area contributed by atoms with Crippen molar-refractivity contribution in [3.63, 3.8) is 0 Å². The molecule has 0 atom stereocenters. The Balaban J connectivity index is 2.80. The maximum absolute atomic E-state index is 12.0. The third-order valence-corrected chi connectivity index (χ3v) is 4.15. The monoisotopic (exact) mass is 327 g/mol. The summed E-state index contributed by atoms with van der Waals surface area (Å²) in [6.07, 6.45) is 0.848. The van der Waals surface area contributed by atoms with Crippen LogP contribution in [0.25, 0.3) is 0 Å². The fourth-order valence-corrected chi connectivity index (χ4v) is 2.33. The number of aliphatic carboxylic acids is 1. The zero-order chi connectivity index (χ0) is 14.5. The Kier molecular flexibility index (Phi) is 5.54. The summed E-state index contributed by atoms with van der Waals surface area (Å²) < 4.78 is 0.775. The van der Waals surface area contributed by atoms with Gasteiger partial charge < -0.3 is 10.4 Å². The van der Waals surface area contributed by atoms with Gasteiger partial charge in [0.1, 0.15) is 0 Å². The Labute approximate surface area is 121 Å². The van der Waals surface area contributed by atoms with Crippen LogP contribution < -0.4 is 5.32 Å². The highest BCUT2D eigenvalue weighted by atomic mass is 79.9. The van der Waals surface area contributed by atoms with Gasteiger partial charge in [0.2, 0.25) is 5.91 Å². The number of carbonyl (C=O) groups excluding carboxylic acids is 1. The van der Waals surface area contributed by atoms with Gasteiger partial charge in [0, 0.05) is 10.9 Å². The highest BCUT2D eigenvalue weighted by Crippen LogP contribution is 2.32. The summed E-state index contributed by atoms with van der Waals surface area (Å²) in [5.74, 6) is -1.20. The first-order chi connectivity index (χ1) is 8.95. The molecule has 0 saturated heterocycles. The minimum absolute atomic E-state index is 0.0172. The highest BCUT2D eigenvalue weighted by molar-refractivity contribution is 9.10.